The zero-order chi connectivity index (χ0) is 23.3. The van der Waals surface area contributed by atoms with E-state index in [1.807, 2.05) is 36.4 Å². The first-order valence-corrected chi connectivity index (χ1v) is 11.9. The summed E-state index contributed by atoms with van der Waals surface area (Å²) in [6.45, 7) is 0. The molecule has 0 aliphatic carbocycles. The van der Waals surface area contributed by atoms with Gasteiger partial charge in [-0.1, -0.05) is 15.9 Å². The van der Waals surface area contributed by atoms with Crippen molar-refractivity contribution < 1.29 is 9.53 Å². The van der Waals surface area contributed by atoms with Gasteiger partial charge in [-0.3, -0.25) is 14.2 Å². The van der Waals surface area contributed by atoms with E-state index in [2.05, 4.69) is 38.5 Å². The van der Waals surface area contributed by atoms with Crippen LogP contribution in [0.1, 0.15) is 11.4 Å². The maximum absolute atomic E-state index is 13.6. The van der Waals surface area contributed by atoms with E-state index in [4.69, 9.17) is 9.72 Å². The van der Waals surface area contributed by atoms with Crippen LogP contribution in [0.5, 0.6) is 5.75 Å². The van der Waals surface area contributed by atoms with Crippen molar-refractivity contribution in [3.05, 3.63) is 90.4 Å². The van der Waals surface area contributed by atoms with Crippen LogP contribution in [0.2, 0.25) is 0 Å². The second kappa shape index (κ2) is 8.42. The van der Waals surface area contributed by atoms with Gasteiger partial charge >= 0.3 is 0 Å². The van der Waals surface area contributed by atoms with E-state index in [9.17, 15) is 9.59 Å². The molecule has 1 aliphatic rings. The number of carbonyl (C=O) groups is 1. The van der Waals surface area contributed by atoms with E-state index in [1.165, 1.54) is 4.57 Å². The van der Waals surface area contributed by atoms with Crippen LogP contribution < -0.4 is 15.2 Å². The Labute approximate surface area is 211 Å². The number of ether oxygens (including phenoxy) is 1. The third-order valence-corrected chi connectivity index (χ3v) is 6.77. The van der Waals surface area contributed by atoms with Gasteiger partial charge in [0.25, 0.3) is 11.5 Å². The van der Waals surface area contributed by atoms with Gasteiger partial charge in [-0.2, -0.15) is 0 Å². The number of hydrogen-bond donors (Lipinski definition) is 0. The topological polar surface area (TPSA) is 64.4 Å². The van der Waals surface area contributed by atoms with Gasteiger partial charge in [0.05, 0.1) is 35.0 Å². The lowest BCUT2D eigenvalue weighted by Gasteiger charge is -2.13. The third-order valence-electron chi connectivity index (χ3n) is 5.61. The highest BCUT2D eigenvalue weighted by Crippen LogP contribution is 2.38. The summed E-state index contributed by atoms with van der Waals surface area (Å²) in [4.78, 5) is 33.1. The number of aromatic nitrogens is 2. The molecular formula is C25H17BrIN3O3. The Morgan fingerprint density at radius 2 is 1.79 bits per heavy atom. The van der Waals surface area contributed by atoms with Gasteiger partial charge in [0, 0.05) is 20.7 Å². The van der Waals surface area contributed by atoms with E-state index < -0.39 is 0 Å². The Kier molecular flexibility index (Phi) is 5.57. The summed E-state index contributed by atoms with van der Waals surface area (Å²) in [5.41, 5.74) is 3.08. The summed E-state index contributed by atoms with van der Waals surface area (Å²) in [6, 6.07) is 18.4. The number of benzene rings is 3. The summed E-state index contributed by atoms with van der Waals surface area (Å²) in [5.74, 6) is 0.908. The Morgan fingerprint density at radius 3 is 2.52 bits per heavy atom. The molecule has 6 nitrogen and oxygen atoms in total. The van der Waals surface area contributed by atoms with Crippen LogP contribution in [0.15, 0.2) is 69.9 Å². The van der Waals surface area contributed by atoms with Crippen LogP contribution in [0.4, 0.5) is 5.69 Å². The van der Waals surface area contributed by atoms with Gasteiger partial charge in [0.15, 0.2) is 0 Å². The smallest absolute Gasteiger partial charge is 0.266 e. The van der Waals surface area contributed by atoms with Crippen LogP contribution in [0.3, 0.4) is 0 Å². The number of amides is 1. The lowest BCUT2D eigenvalue weighted by atomic mass is 10.1. The fraction of sp³-hybridized carbons (Fsp3) is 0.0800. The van der Waals surface area contributed by atoms with Crippen molar-refractivity contribution >= 4 is 72.7 Å². The fourth-order valence-corrected chi connectivity index (χ4v) is 4.80. The summed E-state index contributed by atoms with van der Waals surface area (Å²) in [7, 11) is 3.33. The largest absolute Gasteiger partial charge is 0.497 e. The average molecular weight is 614 g/mol. The number of hydrogen-bond acceptors (Lipinski definition) is 4. The van der Waals surface area contributed by atoms with Crippen molar-refractivity contribution in [1.29, 1.82) is 0 Å². The highest BCUT2D eigenvalue weighted by atomic mass is 127. The normalized spacial score (nSPS) is 14.2. The van der Waals surface area contributed by atoms with E-state index >= 15 is 0 Å². The number of nitrogens with zero attached hydrogens (tertiary/aromatic N) is 3. The van der Waals surface area contributed by atoms with Gasteiger partial charge in [-0.05, 0) is 89.3 Å². The molecule has 0 saturated heterocycles. The highest BCUT2D eigenvalue weighted by Gasteiger charge is 2.30. The average Bonchev–Trinajstić information content (AvgIpc) is 3.04. The molecule has 1 aliphatic heterocycles. The molecule has 4 aromatic rings. The number of rotatable bonds is 3. The minimum atomic E-state index is -0.205. The van der Waals surface area contributed by atoms with Crippen LogP contribution in [0.25, 0.3) is 28.2 Å². The number of halogens is 2. The molecule has 0 radical (unpaired) electrons. The summed E-state index contributed by atoms with van der Waals surface area (Å²) < 4.78 is 8.61. The molecule has 1 aromatic heterocycles. The third kappa shape index (κ3) is 3.76. The van der Waals surface area contributed by atoms with Crippen LogP contribution >= 0.6 is 38.5 Å². The van der Waals surface area contributed by atoms with Gasteiger partial charge in [0.2, 0.25) is 0 Å². The predicted molar refractivity (Wildman–Crippen MR) is 142 cm³/mol. The number of likely N-dealkylation sites (N-methyl/N-ethyl adjacent to an activating group) is 1. The Balaban J connectivity index is 1.81. The number of fused-ring (bicyclic) bond motifs is 2. The maximum Gasteiger partial charge on any atom is 0.266 e. The second-order valence-corrected chi connectivity index (χ2v) is 9.72. The molecular weight excluding hydrogens is 597 g/mol. The minimum Gasteiger partial charge on any atom is -0.497 e. The molecule has 0 atom stereocenters. The minimum absolute atomic E-state index is 0.152. The number of methoxy groups -OCH3 is 1. The Hall–Kier alpha value is -2.98. The lowest BCUT2D eigenvalue weighted by molar-refractivity contribution is -0.112. The molecule has 0 fully saturated rings. The van der Waals surface area contributed by atoms with Crippen molar-refractivity contribution in [2.45, 2.75) is 0 Å². The van der Waals surface area contributed by atoms with Gasteiger partial charge in [-0.15, -0.1) is 0 Å². The van der Waals surface area contributed by atoms with E-state index in [-0.39, 0.29) is 11.5 Å². The number of carbonyl (C=O) groups excluding carboxylic acids is 1. The first kappa shape index (κ1) is 21.8. The Bertz CT molecular complexity index is 1530. The van der Waals surface area contributed by atoms with E-state index in [0.717, 1.165) is 19.3 Å². The molecule has 164 valence electrons. The summed E-state index contributed by atoms with van der Waals surface area (Å²) in [6.07, 6.45) is 1.69. The monoisotopic (exact) mass is 613 g/mol. The molecule has 5 rings (SSSR count). The predicted octanol–water partition coefficient (Wildman–Crippen LogP) is 5.28. The Morgan fingerprint density at radius 1 is 1.03 bits per heavy atom. The van der Waals surface area contributed by atoms with Gasteiger partial charge in [-0.25, -0.2) is 4.98 Å². The van der Waals surface area contributed by atoms with Crippen molar-refractivity contribution in [2.75, 3.05) is 19.1 Å². The SMILES string of the molecule is COc1ccc(-n2c(/C=C3/C(=O)N(C)c4ccc(Br)cc43)nc3ccc(I)cc3c2=O)cc1. The van der Waals surface area contributed by atoms with Gasteiger partial charge in [0.1, 0.15) is 11.6 Å². The molecule has 0 spiro atoms. The standard InChI is InChI=1S/C25H17BrIN3O3/c1-29-22-10-3-14(26)11-18(22)19(24(29)31)13-23-28-21-9-4-15(27)12-20(21)25(32)30(23)16-5-7-17(33-2)8-6-16/h3-13H,1-2H3/b19-13+. The first-order chi connectivity index (χ1) is 15.9. The van der Waals surface area contributed by atoms with Crippen LogP contribution in [-0.4, -0.2) is 29.6 Å². The molecule has 0 saturated carbocycles. The van der Waals surface area contributed by atoms with Crippen molar-refractivity contribution in [3.8, 4) is 11.4 Å². The lowest BCUT2D eigenvalue weighted by Crippen LogP contribution is -2.23. The van der Waals surface area contributed by atoms with E-state index in [1.54, 1.807) is 49.4 Å². The molecule has 2 heterocycles. The zero-order valence-corrected chi connectivity index (χ0v) is 21.4. The van der Waals surface area contributed by atoms with E-state index in [0.29, 0.717) is 33.7 Å². The van der Waals surface area contributed by atoms with Crippen molar-refractivity contribution in [2.24, 2.45) is 0 Å². The molecule has 0 bridgehead atoms. The van der Waals surface area contributed by atoms with Crippen molar-refractivity contribution in [3.63, 3.8) is 0 Å². The highest BCUT2D eigenvalue weighted by molar-refractivity contribution is 14.1. The molecule has 1 amide bonds. The van der Waals surface area contributed by atoms with Gasteiger partial charge < -0.3 is 9.64 Å². The molecule has 8 heteroatoms. The summed E-state index contributed by atoms with van der Waals surface area (Å²) >= 11 is 5.67. The quantitative estimate of drug-likeness (QED) is 0.233. The molecule has 33 heavy (non-hydrogen) atoms. The van der Waals surface area contributed by atoms with Crippen LogP contribution in [0, 0.1) is 3.57 Å². The van der Waals surface area contributed by atoms with Crippen molar-refractivity contribution in [1.82, 2.24) is 9.55 Å². The zero-order valence-electron chi connectivity index (χ0n) is 17.7. The first-order valence-electron chi connectivity index (χ1n) is 10.0. The maximum atomic E-state index is 13.6. The molecule has 0 N–H and O–H groups in total. The second-order valence-electron chi connectivity index (χ2n) is 7.55. The summed E-state index contributed by atoms with van der Waals surface area (Å²) in [5, 5.41) is 0.512. The number of anilines is 1. The fourth-order valence-electron chi connectivity index (χ4n) is 3.94. The van der Waals surface area contributed by atoms with Crippen LogP contribution in [-0.2, 0) is 4.79 Å². The molecule has 3 aromatic carbocycles. The molecule has 0 unspecified atom stereocenters.